The monoisotopic (exact) mass is 895 g/mol. The quantitative estimate of drug-likeness (QED) is 0.0262. The molecule has 0 aliphatic rings. The molecule has 0 aliphatic carbocycles. The van der Waals surface area contributed by atoms with E-state index in [0.717, 1.165) is 51.4 Å². The Hall–Kier alpha value is -2.89. The third-order valence-corrected chi connectivity index (χ3v) is 11.8. The number of ether oxygens (including phenoxy) is 3. The summed E-state index contributed by atoms with van der Waals surface area (Å²) in [5, 5.41) is 0. The van der Waals surface area contributed by atoms with E-state index in [2.05, 4.69) is 75.5 Å². The maximum atomic E-state index is 12.8. The third-order valence-electron chi connectivity index (χ3n) is 11.8. The fourth-order valence-corrected chi connectivity index (χ4v) is 7.63. The first-order valence-corrected chi connectivity index (χ1v) is 27.3. The van der Waals surface area contributed by atoms with Crippen LogP contribution >= 0.6 is 0 Å². The van der Waals surface area contributed by atoms with Gasteiger partial charge in [0.25, 0.3) is 0 Å². The van der Waals surface area contributed by atoms with Gasteiger partial charge in [-0.15, -0.1) is 0 Å². The van der Waals surface area contributed by atoms with Crippen molar-refractivity contribution in [3.63, 3.8) is 0 Å². The Morgan fingerprint density at radius 2 is 0.609 bits per heavy atom. The van der Waals surface area contributed by atoms with Crippen LogP contribution in [0.2, 0.25) is 0 Å². The molecule has 64 heavy (non-hydrogen) atoms. The molecule has 0 saturated heterocycles. The average Bonchev–Trinajstić information content (AvgIpc) is 3.29. The number of hydrogen-bond acceptors (Lipinski definition) is 6. The van der Waals surface area contributed by atoms with Gasteiger partial charge in [0.1, 0.15) is 13.2 Å². The first-order chi connectivity index (χ1) is 31.5. The van der Waals surface area contributed by atoms with Gasteiger partial charge in [0.15, 0.2) is 6.10 Å². The molecule has 0 rings (SSSR count). The standard InChI is InChI=1S/C58H102O6/c1-4-7-10-13-16-19-22-25-27-29-31-33-36-39-42-45-48-51-57(60)63-54-55(53-62-56(59)50-47-44-41-38-35-32-24-21-18-15-12-9-6-3)64-58(61)52-49-46-43-40-37-34-30-28-26-23-20-17-14-11-8-5-2/h25,27,31-33,35,39,41-42,44,55H,4-24,26,28-30,34,36-38,40,43,45-54H2,1-3H3/b27-25-,33-31-,35-32-,42-39-,44-41-. The molecule has 0 N–H and O–H groups in total. The fourth-order valence-electron chi connectivity index (χ4n) is 7.63. The number of esters is 3. The van der Waals surface area contributed by atoms with E-state index in [0.29, 0.717) is 19.3 Å². The summed E-state index contributed by atoms with van der Waals surface area (Å²) in [4.78, 5) is 38.0. The van der Waals surface area contributed by atoms with Gasteiger partial charge in [0.05, 0.1) is 0 Å². The van der Waals surface area contributed by atoms with Crippen LogP contribution in [0, 0.1) is 0 Å². The molecule has 370 valence electrons. The van der Waals surface area contributed by atoms with Crippen LogP contribution in [-0.2, 0) is 28.6 Å². The molecule has 0 fully saturated rings. The predicted molar refractivity (Wildman–Crippen MR) is 275 cm³/mol. The Kier molecular flexibility index (Phi) is 50.4. The van der Waals surface area contributed by atoms with Crippen LogP contribution in [0.5, 0.6) is 0 Å². The largest absolute Gasteiger partial charge is 0.462 e. The molecular formula is C58H102O6. The maximum absolute atomic E-state index is 12.8. The lowest BCUT2D eigenvalue weighted by Crippen LogP contribution is -2.30. The molecule has 0 heterocycles. The van der Waals surface area contributed by atoms with E-state index >= 15 is 0 Å². The Morgan fingerprint density at radius 1 is 0.312 bits per heavy atom. The van der Waals surface area contributed by atoms with Crippen LogP contribution in [0.3, 0.4) is 0 Å². The summed E-state index contributed by atoms with van der Waals surface area (Å²) in [7, 11) is 0. The minimum Gasteiger partial charge on any atom is -0.462 e. The van der Waals surface area contributed by atoms with Gasteiger partial charge in [0, 0.05) is 19.3 Å². The molecular weight excluding hydrogens is 793 g/mol. The highest BCUT2D eigenvalue weighted by molar-refractivity contribution is 5.71. The van der Waals surface area contributed by atoms with Crippen molar-refractivity contribution in [1.82, 2.24) is 0 Å². The van der Waals surface area contributed by atoms with E-state index in [4.69, 9.17) is 14.2 Å². The molecule has 0 aromatic heterocycles. The Labute approximate surface area is 396 Å². The number of carbonyl (C=O) groups is 3. The smallest absolute Gasteiger partial charge is 0.306 e. The van der Waals surface area contributed by atoms with Crippen LogP contribution in [0.1, 0.15) is 271 Å². The van der Waals surface area contributed by atoms with Crippen molar-refractivity contribution in [2.75, 3.05) is 13.2 Å². The predicted octanol–water partition coefficient (Wildman–Crippen LogP) is 18.0. The third kappa shape index (κ3) is 50.1. The highest BCUT2D eigenvalue weighted by Gasteiger charge is 2.19. The molecule has 6 heteroatoms. The number of carbonyl (C=O) groups excluding carboxylic acids is 3. The fraction of sp³-hybridized carbons (Fsp3) is 0.776. The molecule has 6 nitrogen and oxygen atoms in total. The molecule has 1 unspecified atom stereocenters. The van der Waals surface area contributed by atoms with Gasteiger partial charge in [0.2, 0.25) is 0 Å². The Morgan fingerprint density at radius 3 is 1.02 bits per heavy atom. The summed E-state index contributed by atoms with van der Waals surface area (Å²) in [6.07, 6.45) is 65.1. The van der Waals surface area contributed by atoms with Crippen molar-refractivity contribution in [2.24, 2.45) is 0 Å². The highest BCUT2D eigenvalue weighted by atomic mass is 16.6. The molecule has 1 atom stereocenters. The molecule has 0 saturated carbocycles. The molecule has 0 aromatic rings. The van der Waals surface area contributed by atoms with E-state index in [1.807, 2.05) is 6.08 Å². The number of allylic oxidation sites excluding steroid dienone is 10. The van der Waals surface area contributed by atoms with Crippen molar-refractivity contribution >= 4 is 17.9 Å². The van der Waals surface area contributed by atoms with Crippen LogP contribution < -0.4 is 0 Å². The zero-order valence-electron chi connectivity index (χ0n) is 42.3. The summed E-state index contributed by atoms with van der Waals surface area (Å²) >= 11 is 0. The van der Waals surface area contributed by atoms with Crippen LogP contribution in [0.4, 0.5) is 0 Å². The topological polar surface area (TPSA) is 78.9 Å². The van der Waals surface area contributed by atoms with Crippen molar-refractivity contribution < 1.29 is 28.6 Å². The first kappa shape index (κ1) is 61.1. The SMILES string of the molecule is CCCCCCCC/C=C\C/C=C\C/C=C\CCCC(=O)OCC(COC(=O)CC/C=C\C/C=C\CCCCCCCC)OC(=O)CCCCCCCCCCCCCCCCCC. The maximum Gasteiger partial charge on any atom is 0.306 e. The number of rotatable bonds is 49. The Balaban J connectivity index is 4.48. The minimum absolute atomic E-state index is 0.115. The lowest BCUT2D eigenvalue weighted by Gasteiger charge is -2.18. The summed E-state index contributed by atoms with van der Waals surface area (Å²) in [5.74, 6) is -1.02. The second kappa shape index (κ2) is 52.7. The summed E-state index contributed by atoms with van der Waals surface area (Å²) in [5.41, 5.74) is 0. The van der Waals surface area contributed by atoms with Crippen molar-refractivity contribution in [3.05, 3.63) is 60.8 Å². The van der Waals surface area contributed by atoms with Crippen LogP contribution in [0.25, 0.3) is 0 Å². The van der Waals surface area contributed by atoms with Gasteiger partial charge in [-0.1, -0.05) is 242 Å². The van der Waals surface area contributed by atoms with Crippen molar-refractivity contribution in [2.45, 2.75) is 277 Å². The van der Waals surface area contributed by atoms with Gasteiger partial charge in [-0.05, 0) is 70.6 Å². The van der Waals surface area contributed by atoms with E-state index in [1.54, 1.807) is 0 Å². The zero-order valence-corrected chi connectivity index (χ0v) is 42.3. The van der Waals surface area contributed by atoms with Crippen molar-refractivity contribution in [1.29, 1.82) is 0 Å². The molecule has 0 spiro atoms. The zero-order chi connectivity index (χ0) is 46.5. The normalized spacial score (nSPS) is 12.5. The summed E-state index contributed by atoms with van der Waals surface area (Å²) < 4.78 is 16.7. The number of unbranched alkanes of at least 4 members (excludes halogenated alkanes) is 28. The lowest BCUT2D eigenvalue weighted by atomic mass is 10.0. The second-order valence-corrected chi connectivity index (χ2v) is 18.1. The van der Waals surface area contributed by atoms with Gasteiger partial charge in [-0.25, -0.2) is 0 Å². The van der Waals surface area contributed by atoms with Crippen LogP contribution in [0.15, 0.2) is 60.8 Å². The second-order valence-electron chi connectivity index (χ2n) is 18.1. The van der Waals surface area contributed by atoms with Gasteiger partial charge in [-0.2, -0.15) is 0 Å². The van der Waals surface area contributed by atoms with Gasteiger partial charge >= 0.3 is 17.9 Å². The van der Waals surface area contributed by atoms with E-state index in [1.165, 1.54) is 167 Å². The lowest BCUT2D eigenvalue weighted by molar-refractivity contribution is -0.166. The van der Waals surface area contributed by atoms with Gasteiger partial charge < -0.3 is 14.2 Å². The molecule has 0 aromatic carbocycles. The molecule has 0 radical (unpaired) electrons. The van der Waals surface area contributed by atoms with E-state index in [9.17, 15) is 14.4 Å². The van der Waals surface area contributed by atoms with Crippen molar-refractivity contribution in [3.8, 4) is 0 Å². The summed E-state index contributed by atoms with van der Waals surface area (Å²) in [6.45, 7) is 6.55. The molecule has 0 aliphatic heterocycles. The number of hydrogen-bond donors (Lipinski definition) is 0. The van der Waals surface area contributed by atoms with E-state index in [-0.39, 0.29) is 44.0 Å². The highest BCUT2D eigenvalue weighted by Crippen LogP contribution is 2.15. The Bertz CT molecular complexity index is 1170. The van der Waals surface area contributed by atoms with Gasteiger partial charge in [-0.3, -0.25) is 14.4 Å². The molecule has 0 bridgehead atoms. The minimum atomic E-state index is -0.814. The van der Waals surface area contributed by atoms with Crippen LogP contribution in [-0.4, -0.2) is 37.2 Å². The first-order valence-electron chi connectivity index (χ1n) is 27.3. The summed E-state index contributed by atoms with van der Waals surface area (Å²) in [6, 6.07) is 0. The molecule has 0 amide bonds. The average molecular weight is 895 g/mol. The van der Waals surface area contributed by atoms with E-state index < -0.39 is 6.10 Å².